The average Bonchev–Trinajstić information content (AvgIpc) is 3.37. The minimum atomic E-state index is -0.213. The van der Waals surface area contributed by atoms with Gasteiger partial charge in [0.2, 0.25) is 0 Å². The van der Waals surface area contributed by atoms with Gasteiger partial charge in [-0.25, -0.2) is 5.43 Å². The number of rotatable bonds is 5. The smallest absolute Gasteiger partial charge is 0.271 e. The number of hydrazone groups is 1. The van der Waals surface area contributed by atoms with Gasteiger partial charge >= 0.3 is 0 Å². The highest BCUT2D eigenvalue weighted by atomic mass is 16.2. The quantitative estimate of drug-likeness (QED) is 0.534. The Bertz CT molecular complexity index is 1020. The Kier molecular flexibility index (Phi) is 5.42. The van der Waals surface area contributed by atoms with Crippen LogP contribution in [-0.2, 0) is 0 Å². The lowest BCUT2D eigenvalue weighted by Gasteiger charge is -2.17. The predicted octanol–water partition coefficient (Wildman–Crippen LogP) is 3.85. The molecule has 0 bridgehead atoms. The van der Waals surface area contributed by atoms with Crippen LogP contribution in [0.25, 0.3) is 5.69 Å². The Hall–Kier alpha value is -3.41. The third kappa shape index (κ3) is 4.06. The van der Waals surface area contributed by atoms with E-state index in [-0.39, 0.29) is 5.91 Å². The number of amides is 1. The molecule has 1 N–H and O–H groups in total. The monoisotopic (exact) mass is 387 g/mol. The molecule has 1 aliphatic rings. The van der Waals surface area contributed by atoms with Gasteiger partial charge in [0, 0.05) is 47.5 Å². The number of carbonyl (C=O) groups excluding carboxylic acids is 1. The van der Waals surface area contributed by atoms with E-state index in [9.17, 15) is 4.79 Å². The maximum absolute atomic E-state index is 12.4. The van der Waals surface area contributed by atoms with E-state index in [1.54, 1.807) is 12.4 Å². The molecule has 6 heteroatoms. The molecule has 1 saturated heterocycles. The normalized spacial score (nSPS) is 13.9. The van der Waals surface area contributed by atoms with Crippen molar-refractivity contribution in [2.24, 2.45) is 5.10 Å². The Balaban J connectivity index is 1.43. The summed E-state index contributed by atoms with van der Waals surface area (Å²) in [7, 11) is 0. The van der Waals surface area contributed by atoms with Gasteiger partial charge < -0.3 is 9.47 Å². The lowest BCUT2D eigenvalue weighted by molar-refractivity contribution is 0.0955. The minimum Gasteiger partial charge on any atom is -0.372 e. The fourth-order valence-corrected chi connectivity index (χ4v) is 3.83. The molecule has 29 heavy (non-hydrogen) atoms. The Morgan fingerprint density at radius 2 is 1.86 bits per heavy atom. The molecule has 0 atom stereocenters. The van der Waals surface area contributed by atoms with Crippen molar-refractivity contribution in [1.82, 2.24) is 15.0 Å². The fourth-order valence-electron chi connectivity index (χ4n) is 3.83. The van der Waals surface area contributed by atoms with Crippen LogP contribution in [0, 0.1) is 13.8 Å². The lowest BCUT2D eigenvalue weighted by Crippen LogP contribution is -2.19. The number of benzene rings is 1. The van der Waals surface area contributed by atoms with Crippen LogP contribution in [0.1, 0.15) is 40.2 Å². The zero-order valence-electron chi connectivity index (χ0n) is 16.8. The molecular formula is C23H25N5O. The van der Waals surface area contributed by atoms with Crippen LogP contribution in [-0.4, -0.2) is 34.8 Å². The number of anilines is 1. The second-order valence-electron chi connectivity index (χ2n) is 7.31. The summed E-state index contributed by atoms with van der Waals surface area (Å²) >= 11 is 0. The van der Waals surface area contributed by atoms with E-state index in [0.717, 1.165) is 35.7 Å². The Labute approximate surface area is 170 Å². The SMILES string of the molecule is Cc1cc(/C=N\NC(=O)c2ccc(N3CCCC3)cc2)c(C)n1-c1cccnc1. The van der Waals surface area contributed by atoms with E-state index in [4.69, 9.17) is 0 Å². The van der Waals surface area contributed by atoms with Crippen molar-refractivity contribution < 1.29 is 4.79 Å². The number of hydrogen-bond acceptors (Lipinski definition) is 4. The summed E-state index contributed by atoms with van der Waals surface area (Å²) in [5.74, 6) is -0.213. The van der Waals surface area contributed by atoms with Gasteiger partial charge in [0.15, 0.2) is 0 Å². The predicted molar refractivity (Wildman–Crippen MR) is 116 cm³/mol. The van der Waals surface area contributed by atoms with Crippen LogP contribution in [0.5, 0.6) is 0 Å². The molecule has 1 amide bonds. The summed E-state index contributed by atoms with van der Waals surface area (Å²) in [5.41, 5.74) is 8.49. The van der Waals surface area contributed by atoms with E-state index >= 15 is 0 Å². The molecule has 0 radical (unpaired) electrons. The van der Waals surface area contributed by atoms with Crippen LogP contribution in [0.15, 0.2) is 60.0 Å². The number of hydrogen-bond donors (Lipinski definition) is 1. The van der Waals surface area contributed by atoms with Crippen molar-refractivity contribution in [3.63, 3.8) is 0 Å². The van der Waals surface area contributed by atoms with Gasteiger partial charge in [-0.15, -0.1) is 0 Å². The summed E-state index contributed by atoms with van der Waals surface area (Å²) < 4.78 is 2.12. The van der Waals surface area contributed by atoms with Crippen molar-refractivity contribution in [1.29, 1.82) is 0 Å². The van der Waals surface area contributed by atoms with Gasteiger partial charge in [-0.2, -0.15) is 5.10 Å². The molecule has 3 heterocycles. The van der Waals surface area contributed by atoms with Crippen molar-refractivity contribution in [2.45, 2.75) is 26.7 Å². The molecule has 0 saturated carbocycles. The van der Waals surface area contributed by atoms with Gasteiger partial charge in [-0.3, -0.25) is 9.78 Å². The van der Waals surface area contributed by atoms with Crippen LogP contribution >= 0.6 is 0 Å². The molecule has 0 spiro atoms. The molecule has 2 aromatic heterocycles. The first-order valence-electron chi connectivity index (χ1n) is 9.91. The van der Waals surface area contributed by atoms with Crippen LogP contribution in [0.2, 0.25) is 0 Å². The van der Waals surface area contributed by atoms with Crippen LogP contribution in [0.4, 0.5) is 5.69 Å². The van der Waals surface area contributed by atoms with Crippen molar-refractivity contribution in [3.05, 3.63) is 77.4 Å². The van der Waals surface area contributed by atoms with Gasteiger partial charge in [0.1, 0.15) is 0 Å². The van der Waals surface area contributed by atoms with E-state index in [0.29, 0.717) is 5.56 Å². The van der Waals surface area contributed by atoms with E-state index in [2.05, 4.69) is 25.0 Å². The lowest BCUT2D eigenvalue weighted by atomic mass is 10.2. The largest absolute Gasteiger partial charge is 0.372 e. The molecule has 4 rings (SSSR count). The molecule has 148 valence electrons. The third-order valence-corrected chi connectivity index (χ3v) is 5.34. The molecule has 3 aromatic rings. The molecule has 1 aliphatic heterocycles. The molecular weight excluding hydrogens is 362 g/mol. The first kappa shape index (κ1) is 18.9. The molecule has 1 fully saturated rings. The second kappa shape index (κ2) is 8.31. The van der Waals surface area contributed by atoms with Gasteiger partial charge in [-0.1, -0.05) is 0 Å². The first-order chi connectivity index (χ1) is 14.1. The molecule has 0 aliphatic carbocycles. The van der Waals surface area contributed by atoms with Crippen LogP contribution < -0.4 is 10.3 Å². The first-order valence-corrected chi connectivity index (χ1v) is 9.91. The number of carbonyl (C=O) groups is 1. The summed E-state index contributed by atoms with van der Waals surface area (Å²) in [4.78, 5) is 18.9. The maximum Gasteiger partial charge on any atom is 0.271 e. The summed E-state index contributed by atoms with van der Waals surface area (Å²) in [6, 6.07) is 13.7. The topological polar surface area (TPSA) is 62.5 Å². The van der Waals surface area contributed by atoms with Crippen molar-refractivity contribution in [3.8, 4) is 5.69 Å². The Morgan fingerprint density at radius 1 is 1.10 bits per heavy atom. The van der Waals surface area contributed by atoms with E-state index in [1.807, 2.05) is 62.5 Å². The number of pyridine rings is 1. The molecule has 0 unspecified atom stereocenters. The maximum atomic E-state index is 12.4. The number of aryl methyl sites for hydroxylation is 1. The number of aromatic nitrogens is 2. The van der Waals surface area contributed by atoms with Gasteiger partial charge in [-0.05, 0) is 69.2 Å². The summed E-state index contributed by atoms with van der Waals surface area (Å²) in [6.45, 7) is 6.25. The standard InChI is InChI=1S/C23H25N5O/c1-17-14-20(18(2)28(17)22-6-5-11-24-16-22)15-25-26-23(29)19-7-9-21(10-8-19)27-12-3-4-13-27/h5-11,14-16H,3-4,12-13H2,1-2H3,(H,26,29)/b25-15-. The zero-order valence-corrected chi connectivity index (χ0v) is 16.8. The fraction of sp³-hybridized carbons (Fsp3) is 0.261. The highest BCUT2D eigenvalue weighted by molar-refractivity contribution is 5.95. The summed E-state index contributed by atoms with van der Waals surface area (Å²) in [6.07, 6.45) is 7.74. The highest BCUT2D eigenvalue weighted by Gasteiger charge is 2.13. The number of nitrogens with zero attached hydrogens (tertiary/aromatic N) is 4. The van der Waals surface area contributed by atoms with Gasteiger partial charge in [0.05, 0.1) is 18.1 Å². The van der Waals surface area contributed by atoms with Gasteiger partial charge in [0.25, 0.3) is 5.91 Å². The summed E-state index contributed by atoms with van der Waals surface area (Å²) in [5, 5.41) is 4.16. The highest BCUT2D eigenvalue weighted by Crippen LogP contribution is 2.21. The zero-order chi connectivity index (χ0) is 20.2. The molecule has 1 aromatic carbocycles. The Morgan fingerprint density at radius 3 is 2.55 bits per heavy atom. The van der Waals surface area contributed by atoms with Crippen molar-refractivity contribution in [2.75, 3.05) is 18.0 Å². The number of nitrogens with one attached hydrogen (secondary N) is 1. The van der Waals surface area contributed by atoms with Crippen LogP contribution in [0.3, 0.4) is 0 Å². The van der Waals surface area contributed by atoms with E-state index in [1.165, 1.54) is 18.5 Å². The molecule has 6 nitrogen and oxygen atoms in total. The second-order valence-corrected chi connectivity index (χ2v) is 7.31. The average molecular weight is 387 g/mol. The van der Waals surface area contributed by atoms with E-state index < -0.39 is 0 Å². The third-order valence-electron chi connectivity index (χ3n) is 5.34. The van der Waals surface area contributed by atoms with Crippen molar-refractivity contribution >= 4 is 17.8 Å². The minimum absolute atomic E-state index is 0.213.